The Balaban J connectivity index is 1.60. The zero-order chi connectivity index (χ0) is 20.5. The van der Waals surface area contributed by atoms with Gasteiger partial charge in [0.05, 0.1) is 36.1 Å². The molecule has 0 atom stereocenters. The zero-order valence-corrected chi connectivity index (χ0v) is 17.3. The van der Waals surface area contributed by atoms with Crippen LogP contribution in [0.1, 0.15) is 38.5 Å². The maximum Gasteiger partial charge on any atom is 0.230 e. The third kappa shape index (κ3) is 3.47. The monoisotopic (exact) mass is 401 g/mol. The Bertz CT molecular complexity index is 1060. The van der Waals surface area contributed by atoms with E-state index < -0.39 is 0 Å². The Morgan fingerprint density at radius 1 is 1.20 bits per heavy atom. The quantitative estimate of drug-likeness (QED) is 0.795. The SMILES string of the molecule is Cn1cncc1-c1ccc2c(c1)N(C(=O)C1CCCCC1)CC1=C(N=CCC=C1)N2. The topological polar surface area (TPSA) is 62.5 Å². The van der Waals surface area contributed by atoms with Crippen molar-refractivity contribution in [2.75, 3.05) is 16.8 Å². The summed E-state index contributed by atoms with van der Waals surface area (Å²) in [6, 6.07) is 6.24. The molecule has 1 amide bonds. The van der Waals surface area contributed by atoms with E-state index in [0.717, 1.165) is 66.1 Å². The van der Waals surface area contributed by atoms with Crippen molar-refractivity contribution in [2.45, 2.75) is 38.5 Å². The van der Waals surface area contributed by atoms with Gasteiger partial charge in [-0.25, -0.2) is 9.98 Å². The van der Waals surface area contributed by atoms with Gasteiger partial charge in [0.1, 0.15) is 5.82 Å². The molecule has 3 aliphatic rings. The van der Waals surface area contributed by atoms with Crippen molar-refractivity contribution in [2.24, 2.45) is 18.0 Å². The number of amides is 1. The number of nitrogens with one attached hydrogen (secondary N) is 1. The smallest absolute Gasteiger partial charge is 0.230 e. The number of allylic oxidation sites excluding steroid dienone is 1. The van der Waals surface area contributed by atoms with Gasteiger partial charge in [-0.05, 0) is 25.0 Å². The van der Waals surface area contributed by atoms with Crippen molar-refractivity contribution in [3.05, 3.63) is 54.3 Å². The molecule has 0 spiro atoms. The number of rotatable bonds is 2. The molecule has 0 bridgehead atoms. The van der Waals surface area contributed by atoms with Crippen molar-refractivity contribution in [1.82, 2.24) is 9.55 Å². The third-order valence-corrected chi connectivity index (χ3v) is 6.29. The van der Waals surface area contributed by atoms with E-state index in [2.05, 4.69) is 45.6 Å². The molecule has 1 aromatic carbocycles. The van der Waals surface area contributed by atoms with Gasteiger partial charge >= 0.3 is 0 Å². The third-order valence-electron chi connectivity index (χ3n) is 6.29. The number of aromatic nitrogens is 2. The maximum atomic E-state index is 13.7. The summed E-state index contributed by atoms with van der Waals surface area (Å²) in [6.45, 7) is 0.535. The number of anilines is 2. The Morgan fingerprint density at radius 3 is 2.87 bits per heavy atom. The van der Waals surface area contributed by atoms with E-state index in [9.17, 15) is 4.79 Å². The zero-order valence-electron chi connectivity index (χ0n) is 17.3. The van der Waals surface area contributed by atoms with Gasteiger partial charge in [0.2, 0.25) is 5.91 Å². The molecule has 3 heterocycles. The molecule has 1 aliphatic carbocycles. The summed E-state index contributed by atoms with van der Waals surface area (Å²) in [6.07, 6.45) is 16.1. The van der Waals surface area contributed by atoms with Crippen molar-refractivity contribution in [3.63, 3.8) is 0 Å². The van der Waals surface area contributed by atoms with E-state index in [0.29, 0.717) is 6.54 Å². The molecular formula is C24H27N5O. The maximum absolute atomic E-state index is 13.7. The van der Waals surface area contributed by atoms with E-state index in [1.54, 1.807) is 6.33 Å². The fraction of sp³-hybridized carbons (Fsp3) is 0.375. The molecule has 0 unspecified atom stereocenters. The number of hydrogen-bond donors (Lipinski definition) is 1. The van der Waals surface area contributed by atoms with Crippen LogP contribution in [-0.2, 0) is 11.8 Å². The lowest BCUT2D eigenvalue weighted by Crippen LogP contribution is -2.38. The van der Waals surface area contributed by atoms with E-state index in [-0.39, 0.29) is 11.8 Å². The molecule has 5 rings (SSSR count). The second-order valence-electron chi connectivity index (χ2n) is 8.33. The normalized spacial score (nSPS) is 19.0. The summed E-state index contributed by atoms with van der Waals surface area (Å²) in [5.41, 5.74) is 4.96. The van der Waals surface area contributed by atoms with Crippen molar-refractivity contribution in [3.8, 4) is 11.3 Å². The van der Waals surface area contributed by atoms with Crippen LogP contribution in [0.3, 0.4) is 0 Å². The molecule has 6 heteroatoms. The van der Waals surface area contributed by atoms with Gasteiger partial charge in [-0.2, -0.15) is 0 Å². The summed E-state index contributed by atoms with van der Waals surface area (Å²) in [5.74, 6) is 1.17. The number of aliphatic imine (C=N–C) groups is 1. The van der Waals surface area contributed by atoms with Crippen LogP contribution in [0.15, 0.2) is 59.3 Å². The van der Waals surface area contributed by atoms with E-state index >= 15 is 0 Å². The second kappa shape index (κ2) is 7.94. The first-order chi connectivity index (χ1) is 14.7. The van der Waals surface area contributed by atoms with E-state index in [1.165, 1.54) is 6.42 Å². The predicted octanol–water partition coefficient (Wildman–Crippen LogP) is 4.67. The lowest BCUT2D eigenvalue weighted by molar-refractivity contribution is -0.123. The van der Waals surface area contributed by atoms with Crippen molar-refractivity contribution >= 4 is 23.5 Å². The molecule has 2 aliphatic heterocycles. The summed E-state index contributed by atoms with van der Waals surface area (Å²) in [5, 5.41) is 3.49. The summed E-state index contributed by atoms with van der Waals surface area (Å²) in [4.78, 5) is 24.5. The molecule has 1 saturated carbocycles. The highest BCUT2D eigenvalue weighted by molar-refractivity contribution is 6.00. The highest BCUT2D eigenvalue weighted by atomic mass is 16.2. The van der Waals surface area contributed by atoms with Gasteiger partial charge in [0.15, 0.2) is 0 Å². The van der Waals surface area contributed by atoms with Crippen molar-refractivity contribution in [1.29, 1.82) is 0 Å². The molecule has 30 heavy (non-hydrogen) atoms. The van der Waals surface area contributed by atoms with Crippen LogP contribution in [-0.4, -0.2) is 28.2 Å². The highest BCUT2D eigenvalue weighted by Gasteiger charge is 2.31. The number of imidazole rings is 1. The van der Waals surface area contributed by atoms with Crippen LogP contribution in [0, 0.1) is 5.92 Å². The average molecular weight is 402 g/mol. The number of carbonyl (C=O) groups is 1. The predicted molar refractivity (Wildman–Crippen MR) is 120 cm³/mol. The van der Waals surface area contributed by atoms with Gasteiger partial charge in [-0.15, -0.1) is 0 Å². The minimum atomic E-state index is 0.104. The first-order valence-corrected chi connectivity index (χ1v) is 10.8. The molecule has 1 aromatic heterocycles. The highest BCUT2D eigenvalue weighted by Crippen LogP contribution is 2.38. The van der Waals surface area contributed by atoms with Crippen LogP contribution in [0.25, 0.3) is 11.3 Å². The first kappa shape index (κ1) is 18.9. The molecule has 6 nitrogen and oxygen atoms in total. The number of benzene rings is 1. The second-order valence-corrected chi connectivity index (χ2v) is 8.33. The Kier molecular flexibility index (Phi) is 4.99. The van der Waals surface area contributed by atoms with Gasteiger partial charge in [0, 0.05) is 36.7 Å². The van der Waals surface area contributed by atoms with Gasteiger partial charge < -0.3 is 14.8 Å². The molecule has 1 fully saturated rings. The lowest BCUT2D eigenvalue weighted by atomic mass is 9.88. The summed E-state index contributed by atoms with van der Waals surface area (Å²) < 4.78 is 2.00. The largest absolute Gasteiger partial charge is 0.338 e. The van der Waals surface area contributed by atoms with Crippen LogP contribution in [0.4, 0.5) is 11.4 Å². The van der Waals surface area contributed by atoms with E-state index in [4.69, 9.17) is 0 Å². The molecule has 2 aromatic rings. The van der Waals surface area contributed by atoms with Crippen LogP contribution >= 0.6 is 0 Å². The minimum Gasteiger partial charge on any atom is -0.338 e. The fourth-order valence-corrected chi connectivity index (χ4v) is 4.62. The molecule has 154 valence electrons. The number of aryl methyl sites for hydroxylation is 1. The fourth-order valence-electron chi connectivity index (χ4n) is 4.62. The molecule has 1 N–H and O–H groups in total. The summed E-state index contributed by atoms with van der Waals surface area (Å²) in [7, 11) is 1.99. The number of fused-ring (bicyclic) bond motifs is 1. The molecular weight excluding hydrogens is 374 g/mol. The van der Waals surface area contributed by atoms with E-state index in [1.807, 2.05) is 28.9 Å². The lowest BCUT2D eigenvalue weighted by Gasteiger charge is -2.30. The average Bonchev–Trinajstić information content (AvgIpc) is 3.00. The standard InChI is InChI=1S/C24H27N5O/c1-28-16-25-14-22(28)18-10-11-20-21(13-18)29(24(30)17-7-3-2-4-8-17)15-19-9-5-6-12-26-23(19)27-20/h5,9-14,16-17,27H,2-4,6-8,15H2,1H3. The van der Waals surface area contributed by atoms with Crippen LogP contribution in [0.5, 0.6) is 0 Å². The number of nitrogens with zero attached hydrogens (tertiary/aromatic N) is 4. The molecule has 0 radical (unpaired) electrons. The summed E-state index contributed by atoms with van der Waals surface area (Å²) >= 11 is 0. The number of hydrogen-bond acceptors (Lipinski definition) is 4. The number of carbonyl (C=O) groups excluding carboxylic acids is 1. The van der Waals surface area contributed by atoms with Crippen molar-refractivity contribution < 1.29 is 4.79 Å². The molecule has 0 saturated heterocycles. The van der Waals surface area contributed by atoms with Gasteiger partial charge in [0.25, 0.3) is 0 Å². The van der Waals surface area contributed by atoms with Crippen LogP contribution in [0.2, 0.25) is 0 Å². The van der Waals surface area contributed by atoms with Crippen LogP contribution < -0.4 is 10.2 Å². The minimum absolute atomic E-state index is 0.104. The van der Waals surface area contributed by atoms with Gasteiger partial charge in [-0.3, -0.25) is 4.79 Å². The first-order valence-electron chi connectivity index (χ1n) is 10.8. The Morgan fingerprint density at radius 2 is 2.07 bits per heavy atom. The Labute approximate surface area is 177 Å². The van der Waals surface area contributed by atoms with Gasteiger partial charge in [-0.1, -0.05) is 37.5 Å². The Hall–Kier alpha value is -3.15.